The molecule has 3 N–H and O–H groups in total. The van der Waals surface area contributed by atoms with Gasteiger partial charge in [0.05, 0.1) is 11.6 Å². The molecule has 0 bridgehead atoms. The lowest BCUT2D eigenvalue weighted by molar-refractivity contribution is -0.123. The number of hydrogen-bond donors (Lipinski definition) is 2. The summed E-state index contributed by atoms with van der Waals surface area (Å²) in [7, 11) is 0. The molecule has 0 saturated heterocycles. The number of rotatable bonds is 10. The van der Waals surface area contributed by atoms with Gasteiger partial charge in [-0.2, -0.15) is 5.10 Å². The zero-order valence-corrected chi connectivity index (χ0v) is 17.7. The molecule has 0 aliphatic rings. The molecule has 0 fully saturated rings. The maximum Gasteiger partial charge on any atom is 0.222 e. The van der Waals surface area contributed by atoms with Crippen LogP contribution in [0, 0.1) is 31.5 Å². The first-order valence-electron chi connectivity index (χ1n) is 10.0. The molecule has 29 heavy (non-hydrogen) atoms. The zero-order chi connectivity index (χ0) is 21.6. The Balaban J connectivity index is 1.89. The van der Waals surface area contributed by atoms with Crippen LogP contribution in [-0.4, -0.2) is 28.1 Å². The fraction of sp³-hybridized carbons (Fsp3) is 0.500. The van der Waals surface area contributed by atoms with Crippen LogP contribution < -0.4 is 11.1 Å². The van der Waals surface area contributed by atoms with Crippen molar-refractivity contribution in [3.8, 4) is 0 Å². The number of halogens is 1. The Morgan fingerprint density at radius 1 is 1.21 bits per heavy atom. The normalized spacial score (nSPS) is 12.2. The summed E-state index contributed by atoms with van der Waals surface area (Å²) >= 11 is 0. The second-order valence-electron chi connectivity index (χ2n) is 7.96. The van der Waals surface area contributed by atoms with E-state index in [1.807, 2.05) is 18.5 Å². The summed E-state index contributed by atoms with van der Waals surface area (Å²) in [6.45, 7) is 9.29. The van der Waals surface area contributed by atoms with Crippen molar-refractivity contribution >= 4 is 11.8 Å². The van der Waals surface area contributed by atoms with Crippen LogP contribution in [0.1, 0.15) is 42.8 Å². The first-order chi connectivity index (χ1) is 13.7. The molecule has 7 heteroatoms. The minimum Gasteiger partial charge on any atom is -0.369 e. The van der Waals surface area contributed by atoms with Crippen molar-refractivity contribution in [1.82, 2.24) is 15.1 Å². The first kappa shape index (κ1) is 22.6. The van der Waals surface area contributed by atoms with Gasteiger partial charge in [-0.3, -0.25) is 14.3 Å². The van der Waals surface area contributed by atoms with E-state index in [0.29, 0.717) is 25.2 Å². The van der Waals surface area contributed by atoms with Crippen molar-refractivity contribution in [3.63, 3.8) is 0 Å². The van der Waals surface area contributed by atoms with Gasteiger partial charge in [-0.1, -0.05) is 26.0 Å². The molecule has 1 heterocycles. The summed E-state index contributed by atoms with van der Waals surface area (Å²) in [4.78, 5) is 24.0. The minimum atomic E-state index is -0.540. The zero-order valence-electron chi connectivity index (χ0n) is 17.7. The first-order valence-corrected chi connectivity index (χ1v) is 10.0. The summed E-state index contributed by atoms with van der Waals surface area (Å²) in [6, 6.07) is 5.92. The monoisotopic (exact) mass is 402 g/mol. The molecule has 0 radical (unpaired) electrons. The third-order valence-electron chi connectivity index (χ3n) is 5.01. The molecule has 1 atom stereocenters. The number of primary amides is 1. The number of nitrogens with zero attached hydrogens (tertiary/aromatic N) is 2. The number of nitrogens with one attached hydrogen (secondary N) is 1. The molecule has 2 rings (SSSR count). The summed E-state index contributed by atoms with van der Waals surface area (Å²) in [6.07, 6.45) is 1.27. The average Bonchev–Trinajstić information content (AvgIpc) is 2.90. The van der Waals surface area contributed by atoms with Gasteiger partial charge in [0.15, 0.2) is 0 Å². The predicted octanol–water partition coefficient (Wildman–Crippen LogP) is 2.69. The SMILES string of the molecule is Cc1nn(CC(C)C)c(C)c1CCC(=O)NCC(Cc1ccc(F)cc1)C(N)=O. The highest BCUT2D eigenvalue weighted by molar-refractivity contribution is 5.80. The maximum absolute atomic E-state index is 13.0. The second kappa shape index (κ2) is 10.2. The van der Waals surface area contributed by atoms with E-state index in [0.717, 1.165) is 29.1 Å². The highest BCUT2D eigenvalue weighted by Gasteiger charge is 2.18. The quantitative estimate of drug-likeness (QED) is 0.640. The maximum atomic E-state index is 13.0. The molecular formula is C22H31FN4O2. The van der Waals surface area contributed by atoms with Crippen LogP contribution in [0.5, 0.6) is 0 Å². The van der Waals surface area contributed by atoms with Gasteiger partial charge >= 0.3 is 0 Å². The molecular weight excluding hydrogens is 371 g/mol. The van der Waals surface area contributed by atoms with Crippen molar-refractivity contribution < 1.29 is 14.0 Å². The van der Waals surface area contributed by atoms with Crippen LogP contribution in [0.25, 0.3) is 0 Å². The molecule has 1 aromatic heterocycles. The van der Waals surface area contributed by atoms with Gasteiger partial charge in [0.2, 0.25) is 11.8 Å². The third kappa shape index (κ3) is 6.69. The van der Waals surface area contributed by atoms with E-state index in [4.69, 9.17) is 5.73 Å². The van der Waals surface area contributed by atoms with E-state index in [1.54, 1.807) is 12.1 Å². The number of aryl methyl sites for hydroxylation is 1. The molecule has 6 nitrogen and oxygen atoms in total. The van der Waals surface area contributed by atoms with Crippen LogP contribution in [0.3, 0.4) is 0 Å². The second-order valence-corrected chi connectivity index (χ2v) is 7.96. The van der Waals surface area contributed by atoms with Gasteiger partial charge in [-0.05, 0) is 55.9 Å². The van der Waals surface area contributed by atoms with Crippen LogP contribution >= 0.6 is 0 Å². The van der Waals surface area contributed by atoms with Crippen LogP contribution in [0.4, 0.5) is 4.39 Å². The lowest BCUT2D eigenvalue weighted by Gasteiger charge is -2.14. The van der Waals surface area contributed by atoms with Gasteiger partial charge < -0.3 is 11.1 Å². The Labute approximate surface area is 171 Å². The summed E-state index contributed by atoms with van der Waals surface area (Å²) < 4.78 is 15.0. The van der Waals surface area contributed by atoms with Gasteiger partial charge in [0.25, 0.3) is 0 Å². The highest BCUT2D eigenvalue weighted by Crippen LogP contribution is 2.16. The van der Waals surface area contributed by atoms with Crippen molar-refractivity contribution in [2.45, 2.75) is 53.5 Å². The van der Waals surface area contributed by atoms with E-state index in [1.165, 1.54) is 12.1 Å². The number of hydrogen-bond acceptors (Lipinski definition) is 3. The summed E-state index contributed by atoms with van der Waals surface area (Å²) in [5.41, 5.74) is 9.41. The largest absolute Gasteiger partial charge is 0.369 e. The molecule has 0 spiro atoms. The predicted molar refractivity (Wildman–Crippen MR) is 111 cm³/mol. The Kier molecular flexibility index (Phi) is 7.93. The van der Waals surface area contributed by atoms with Crippen molar-refractivity contribution in [2.75, 3.05) is 6.54 Å². The fourth-order valence-corrected chi connectivity index (χ4v) is 3.36. The van der Waals surface area contributed by atoms with E-state index in [2.05, 4.69) is 24.3 Å². The summed E-state index contributed by atoms with van der Waals surface area (Å²) in [5, 5.41) is 7.38. The molecule has 2 amide bonds. The molecule has 0 aliphatic carbocycles. The molecule has 0 saturated carbocycles. The highest BCUT2D eigenvalue weighted by atomic mass is 19.1. The minimum absolute atomic E-state index is 0.134. The Hall–Kier alpha value is -2.70. The molecule has 1 aromatic carbocycles. The summed E-state index contributed by atoms with van der Waals surface area (Å²) in [5.74, 6) is -1.00. The van der Waals surface area contributed by atoms with Gasteiger partial charge in [0, 0.05) is 25.2 Å². The Bertz CT molecular complexity index is 843. The van der Waals surface area contributed by atoms with Crippen LogP contribution in [0.2, 0.25) is 0 Å². The lowest BCUT2D eigenvalue weighted by Crippen LogP contribution is -2.37. The third-order valence-corrected chi connectivity index (χ3v) is 5.01. The lowest BCUT2D eigenvalue weighted by atomic mass is 9.98. The van der Waals surface area contributed by atoms with E-state index < -0.39 is 11.8 Å². The van der Waals surface area contributed by atoms with E-state index >= 15 is 0 Å². The number of carbonyl (C=O) groups is 2. The number of amides is 2. The van der Waals surface area contributed by atoms with Crippen molar-refractivity contribution in [3.05, 3.63) is 52.6 Å². The van der Waals surface area contributed by atoms with E-state index in [9.17, 15) is 14.0 Å². The fourth-order valence-electron chi connectivity index (χ4n) is 3.36. The molecule has 2 aromatic rings. The van der Waals surface area contributed by atoms with Crippen molar-refractivity contribution in [1.29, 1.82) is 0 Å². The average molecular weight is 403 g/mol. The molecule has 0 aliphatic heterocycles. The number of nitrogens with two attached hydrogens (primary N) is 1. The Morgan fingerprint density at radius 3 is 2.45 bits per heavy atom. The van der Waals surface area contributed by atoms with Crippen molar-refractivity contribution in [2.24, 2.45) is 17.6 Å². The van der Waals surface area contributed by atoms with Gasteiger partial charge in [-0.25, -0.2) is 4.39 Å². The number of aromatic nitrogens is 2. The topological polar surface area (TPSA) is 90.0 Å². The molecule has 1 unspecified atom stereocenters. The van der Waals surface area contributed by atoms with Crippen LogP contribution in [-0.2, 0) is 29.0 Å². The van der Waals surface area contributed by atoms with Gasteiger partial charge in [0.1, 0.15) is 5.82 Å². The smallest absolute Gasteiger partial charge is 0.222 e. The number of carbonyl (C=O) groups excluding carboxylic acids is 2. The van der Waals surface area contributed by atoms with E-state index in [-0.39, 0.29) is 18.3 Å². The number of benzene rings is 1. The van der Waals surface area contributed by atoms with Gasteiger partial charge in [-0.15, -0.1) is 0 Å². The molecule has 158 valence electrons. The Morgan fingerprint density at radius 2 is 1.86 bits per heavy atom. The van der Waals surface area contributed by atoms with Crippen LogP contribution in [0.15, 0.2) is 24.3 Å². The standard InChI is InChI=1S/C22H31FN4O2/c1-14(2)13-27-16(4)20(15(3)26-27)9-10-21(28)25-12-18(22(24)29)11-17-5-7-19(23)8-6-17/h5-8,14,18H,9-13H2,1-4H3,(H2,24,29)(H,25,28).